The second-order valence-corrected chi connectivity index (χ2v) is 6.18. The zero-order chi connectivity index (χ0) is 11.7. The number of nitrogens with zero attached hydrogens (tertiary/aromatic N) is 1. The van der Waals surface area contributed by atoms with Crippen LogP contribution < -0.4 is 5.32 Å². The molecule has 0 aliphatic carbocycles. The van der Waals surface area contributed by atoms with Gasteiger partial charge in [0.05, 0.1) is 28.4 Å². The minimum Gasteiger partial charge on any atom is -0.379 e. The highest BCUT2D eigenvalue weighted by atomic mass is 79.9. The lowest BCUT2D eigenvalue weighted by Gasteiger charge is -2.22. The highest BCUT2D eigenvalue weighted by Crippen LogP contribution is 2.26. The number of thiazole rings is 1. The first-order chi connectivity index (χ1) is 8.31. The van der Waals surface area contributed by atoms with Crippen molar-refractivity contribution >= 4 is 37.5 Å². The molecule has 1 unspecified atom stereocenters. The van der Waals surface area contributed by atoms with Gasteiger partial charge in [0, 0.05) is 23.5 Å². The summed E-state index contributed by atoms with van der Waals surface area (Å²) in [4.78, 5) is 4.65. The van der Waals surface area contributed by atoms with Crippen LogP contribution in [-0.2, 0) is 11.2 Å². The second kappa shape index (κ2) is 5.02. The summed E-state index contributed by atoms with van der Waals surface area (Å²) in [6.45, 7) is 2.56. The Morgan fingerprint density at radius 3 is 3.29 bits per heavy atom. The molecule has 1 fully saturated rings. The topological polar surface area (TPSA) is 34.1 Å². The summed E-state index contributed by atoms with van der Waals surface area (Å²) in [5.74, 6) is 0. The summed E-state index contributed by atoms with van der Waals surface area (Å²) in [6, 6.07) is 6.63. The number of morpholine rings is 1. The molecule has 1 aromatic carbocycles. The van der Waals surface area contributed by atoms with Gasteiger partial charge >= 0.3 is 0 Å². The fraction of sp³-hybridized carbons (Fsp3) is 0.417. The molecule has 3 rings (SSSR count). The Labute approximate surface area is 112 Å². The van der Waals surface area contributed by atoms with Crippen molar-refractivity contribution in [2.24, 2.45) is 0 Å². The van der Waals surface area contributed by atoms with Gasteiger partial charge in [-0.3, -0.25) is 0 Å². The Kier molecular flexibility index (Phi) is 3.42. The molecule has 1 aliphatic heterocycles. The van der Waals surface area contributed by atoms with Crippen LogP contribution in [0.4, 0.5) is 0 Å². The molecule has 0 radical (unpaired) electrons. The van der Waals surface area contributed by atoms with E-state index in [1.54, 1.807) is 11.3 Å². The Bertz CT molecular complexity index is 522. The van der Waals surface area contributed by atoms with Crippen LogP contribution in [0.25, 0.3) is 10.2 Å². The van der Waals surface area contributed by atoms with E-state index in [1.807, 2.05) is 6.07 Å². The summed E-state index contributed by atoms with van der Waals surface area (Å²) < 4.78 is 7.81. The fourth-order valence-electron chi connectivity index (χ4n) is 2.00. The number of hydrogen-bond donors (Lipinski definition) is 1. The smallest absolute Gasteiger partial charge is 0.0955 e. The fourth-order valence-corrected chi connectivity index (χ4v) is 3.59. The molecule has 3 nitrogen and oxygen atoms in total. The lowest BCUT2D eigenvalue weighted by molar-refractivity contribution is 0.0770. The predicted octanol–water partition coefficient (Wildman–Crippen LogP) is 2.59. The Morgan fingerprint density at radius 1 is 1.53 bits per heavy atom. The molecule has 1 saturated heterocycles. The lowest BCUT2D eigenvalue weighted by atomic mass is 10.2. The Morgan fingerprint density at radius 2 is 2.47 bits per heavy atom. The van der Waals surface area contributed by atoms with E-state index >= 15 is 0 Å². The van der Waals surface area contributed by atoms with Crippen molar-refractivity contribution in [3.8, 4) is 0 Å². The highest BCUT2D eigenvalue weighted by molar-refractivity contribution is 9.10. The Hall–Kier alpha value is -0.490. The van der Waals surface area contributed by atoms with Crippen molar-refractivity contribution in [1.29, 1.82) is 0 Å². The van der Waals surface area contributed by atoms with E-state index in [2.05, 4.69) is 38.4 Å². The van der Waals surface area contributed by atoms with Crippen LogP contribution in [0.3, 0.4) is 0 Å². The monoisotopic (exact) mass is 312 g/mol. The third-order valence-electron chi connectivity index (χ3n) is 2.81. The molecule has 5 heteroatoms. The van der Waals surface area contributed by atoms with Gasteiger partial charge in [-0.2, -0.15) is 0 Å². The summed E-state index contributed by atoms with van der Waals surface area (Å²) in [5.41, 5.74) is 1.09. The number of rotatable bonds is 2. The van der Waals surface area contributed by atoms with E-state index in [0.29, 0.717) is 6.04 Å². The van der Waals surface area contributed by atoms with Gasteiger partial charge in [-0.1, -0.05) is 15.9 Å². The van der Waals surface area contributed by atoms with E-state index in [9.17, 15) is 0 Å². The van der Waals surface area contributed by atoms with Gasteiger partial charge in [-0.05, 0) is 18.2 Å². The van der Waals surface area contributed by atoms with Gasteiger partial charge in [-0.15, -0.1) is 11.3 Å². The molecule has 0 bridgehead atoms. The van der Waals surface area contributed by atoms with Crippen LogP contribution >= 0.6 is 27.3 Å². The quantitative estimate of drug-likeness (QED) is 0.925. The number of aromatic nitrogens is 1. The minimum absolute atomic E-state index is 0.410. The third kappa shape index (κ3) is 2.68. The standard InChI is InChI=1S/C12H13BrN2OS/c13-8-1-2-10-11(5-8)17-12(15-10)6-9-7-16-4-3-14-9/h1-2,5,9,14H,3-4,6-7H2. The van der Waals surface area contributed by atoms with E-state index in [4.69, 9.17) is 4.74 Å². The molecule has 90 valence electrons. The first-order valence-corrected chi connectivity index (χ1v) is 7.28. The summed E-state index contributed by atoms with van der Waals surface area (Å²) >= 11 is 5.26. The summed E-state index contributed by atoms with van der Waals surface area (Å²) in [5, 5.41) is 4.64. The highest BCUT2D eigenvalue weighted by Gasteiger charge is 2.15. The molecule has 1 aliphatic rings. The van der Waals surface area contributed by atoms with Gasteiger partial charge in [0.25, 0.3) is 0 Å². The summed E-state index contributed by atoms with van der Waals surface area (Å²) in [6.07, 6.45) is 0.955. The van der Waals surface area contributed by atoms with E-state index in [1.165, 1.54) is 9.71 Å². The molecule has 0 spiro atoms. The largest absolute Gasteiger partial charge is 0.379 e. The lowest BCUT2D eigenvalue weighted by Crippen LogP contribution is -2.42. The third-order valence-corrected chi connectivity index (χ3v) is 4.35. The van der Waals surface area contributed by atoms with Crippen LogP contribution in [0.2, 0.25) is 0 Å². The van der Waals surface area contributed by atoms with Gasteiger partial charge in [-0.25, -0.2) is 4.98 Å². The van der Waals surface area contributed by atoms with Gasteiger partial charge < -0.3 is 10.1 Å². The van der Waals surface area contributed by atoms with Crippen LogP contribution in [0.1, 0.15) is 5.01 Å². The van der Waals surface area contributed by atoms with Crippen molar-refractivity contribution in [3.63, 3.8) is 0 Å². The minimum atomic E-state index is 0.410. The number of halogens is 1. The van der Waals surface area contributed by atoms with Crippen molar-refractivity contribution < 1.29 is 4.74 Å². The zero-order valence-corrected chi connectivity index (χ0v) is 11.7. The molecule has 17 heavy (non-hydrogen) atoms. The van der Waals surface area contributed by atoms with E-state index in [-0.39, 0.29) is 0 Å². The van der Waals surface area contributed by atoms with Crippen molar-refractivity contribution in [2.75, 3.05) is 19.8 Å². The maximum Gasteiger partial charge on any atom is 0.0955 e. The zero-order valence-electron chi connectivity index (χ0n) is 9.28. The molecule has 1 atom stereocenters. The van der Waals surface area contributed by atoms with Gasteiger partial charge in [0.1, 0.15) is 0 Å². The number of benzene rings is 1. The van der Waals surface area contributed by atoms with Crippen LogP contribution in [0.15, 0.2) is 22.7 Å². The average molecular weight is 313 g/mol. The molecular weight excluding hydrogens is 300 g/mol. The maximum atomic E-state index is 5.45. The second-order valence-electron chi connectivity index (χ2n) is 4.15. The molecule has 2 aromatic rings. The normalized spacial score (nSPS) is 20.9. The van der Waals surface area contributed by atoms with Crippen LogP contribution in [0.5, 0.6) is 0 Å². The number of fused-ring (bicyclic) bond motifs is 1. The SMILES string of the molecule is Brc1ccc2nc(CC3COCCN3)sc2c1. The predicted molar refractivity (Wildman–Crippen MR) is 73.6 cm³/mol. The number of hydrogen-bond acceptors (Lipinski definition) is 4. The molecule has 1 N–H and O–H groups in total. The first kappa shape index (κ1) is 11.6. The van der Waals surface area contributed by atoms with Crippen molar-refractivity contribution in [3.05, 3.63) is 27.7 Å². The molecule has 0 amide bonds. The van der Waals surface area contributed by atoms with Crippen molar-refractivity contribution in [2.45, 2.75) is 12.5 Å². The number of ether oxygens (including phenoxy) is 1. The molecule has 0 saturated carbocycles. The van der Waals surface area contributed by atoms with E-state index in [0.717, 1.165) is 36.2 Å². The van der Waals surface area contributed by atoms with Crippen molar-refractivity contribution in [1.82, 2.24) is 10.3 Å². The van der Waals surface area contributed by atoms with Gasteiger partial charge in [0.15, 0.2) is 0 Å². The average Bonchev–Trinajstić information content (AvgIpc) is 2.71. The maximum absolute atomic E-state index is 5.45. The molecule has 2 heterocycles. The van der Waals surface area contributed by atoms with Crippen LogP contribution in [0, 0.1) is 0 Å². The Balaban J connectivity index is 1.80. The van der Waals surface area contributed by atoms with E-state index < -0.39 is 0 Å². The number of nitrogens with one attached hydrogen (secondary N) is 1. The first-order valence-electron chi connectivity index (χ1n) is 5.67. The van der Waals surface area contributed by atoms with Crippen LogP contribution in [-0.4, -0.2) is 30.8 Å². The molecular formula is C12H13BrN2OS. The van der Waals surface area contributed by atoms with Gasteiger partial charge in [0.2, 0.25) is 0 Å². The molecule has 1 aromatic heterocycles. The summed E-state index contributed by atoms with van der Waals surface area (Å²) in [7, 11) is 0.